The number of fused-ring (bicyclic) bond motifs is 1. The molecule has 0 radical (unpaired) electrons. The Hall–Kier alpha value is -3.74. The van der Waals surface area contributed by atoms with Gasteiger partial charge < -0.3 is 10.6 Å². The fourth-order valence-electron chi connectivity index (χ4n) is 3.57. The number of carbonyl (C=O) groups excluding carboxylic acids is 3. The predicted molar refractivity (Wildman–Crippen MR) is 114 cm³/mol. The minimum absolute atomic E-state index is 0.0142. The van der Waals surface area contributed by atoms with Crippen molar-refractivity contribution < 1.29 is 14.4 Å². The Balaban J connectivity index is 1.68. The Bertz CT molecular complexity index is 1160. The van der Waals surface area contributed by atoms with Gasteiger partial charge in [-0.25, -0.2) is 4.68 Å². The second-order valence-electron chi connectivity index (χ2n) is 7.53. The molecular weight excluding hydrogens is 380 g/mol. The van der Waals surface area contributed by atoms with E-state index in [2.05, 4.69) is 15.7 Å². The zero-order chi connectivity index (χ0) is 21.4. The second-order valence-corrected chi connectivity index (χ2v) is 7.53. The third-order valence-corrected chi connectivity index (χ3v) is 5.24. The maximum absolute atomic E-state index is 13.0. The molecule has 3 aromatic rings. The van der Waals surface area contributed by atoms with Gasteiger partial charge in [0.2, 0.25) is 11.8 Å². The molecule has 1 aromatic heterocycles. The second kappa shape index (κ2) is 7.59. The van der Waals surface area contributed by atoms with E-state index in [4.69, 9.17) is 0 Å². The average molecular weight is 402 g/mol. The quantitative estimate of drug-likeness (QED) is 0.648. The first-order chi connectivity index (χ1) is 14.3. The minimum atomic E-state index is -0.785. The molecule has 1 atom stereocenters. The fourth-order valence-corrected chi connectivity index (χ4v) is 3.57. The van der Waals surface area contributed by atoms with Crippen LogP contribution in [-0.2, 0) is 9.59 Å². The van der Waals surface area contributed by atoms with Crippen molar-refractivity contribution in [3.63, 3.8) is 0 Å². The molecule has 2 heterocycles. The molecule has 0 saturated heterocycles. The molecule has 152 valence electrons. The number of nitrogens with one attached hydrogen (secondary N) is 2. The fraction of sp³-hybridized carbons (Fsp3) is 0.217. The largest absolute Gasteiger partial charge is 0.324 e. The van der Waals surface area contributed by atoms with Crippen LogP contribution in [0.5, 0.6) is 0 Å². The van der Waals surface area contributed by atoms with Crippen LogP contribution >= 0.6 is 0 Å². The summed E-state index contributed by atoms with van der Waals surface area (Å²) >= 11 is 0. The summed E-state index contributed by atoms with van der Waals surface area (Å²) in [7, 11) is 0. The normalized spacial score (nSPS) is 15.3. The van der Waals surface area contributed by atoms with Gasteiger partial charge in [0.15, 0.2) is 5.78 Å². The number of aromatic nitrogens is 2. The predicted octanol–water partition coefficient (Wildman–Crippen LogP) is 3.89. The zero-order valence-corrected chi connectivity index (χ0v) is 17.0. The summed E-state index contributed by atoms with van der Waals surface area (Å²) in [5, 5.41) is 10.3. The van der Waals surface area contributed by atoms with Crippen LogP contribution in [-0.4, -0.2) is 27.4 Å². The maximum atomic E-state index is 13.0. The van der Waals surface area contributed by atoms with Crippen LogP contribution in [0.4, 0.5) is 11.5 Å². The Labute approximate surface area is 174 Å². The molecule has 2 N–H and O–H groups in total. The number of nitrogens with zero attached hydrogens (tertiary/aromatic N) is 2. The van der Waals surface area contributed by atoms with E-state index < -0.39 is 6.04 Å². The molecule has 2 amide bonds. The summed E-state index contributed by atoms with van der Waals surface area (Å²) in [6, 6.07) is 13.9. The highest BCUT2D eigenvalue weighted by molar-refractivity contribution is 6.02. The molecule has 0 fully saturated rings. The van der Waals surface area contributed by atoms with Crippen molar-refractivity contribution in [3.8, 4) is 11.3 Å². The number of benzene rings is 2. The monoisotopic (exact) mass is 402 g/mol. The summed E-state index contributed by atoms with van der Waals surface area (Å²) in [5.74, 6) is -0.154. The third kappa shape index (κ3) is 3.61. The Morgan fingerprint density at radius 3 is 2.57 bits per heavy atom. The number of rotatable bonds is 4. The van der Waals surface area contributed by atoms with Crippen LogP contribution in [0.3, 0.4) is 0 Å². The highest BCUT2D eigenvalue weighted by Crippen LogP contribution is 2.34. The van der Waals surface area contributed by atoms with Crippen LogP contribution in [0.15, 0.2) is 48.5 Å². The number of hydrogen-bond acceptors (Lipinski definition) is 4. The van der Waals surface area contributed by atoms with E-state index >= 15 is 0 Å². The molecule has 0 saturated carbocycles. The van der Waals surface area contributed by atoms with E-state index in [-0.39, 0.29) is 24.0 Å². The van der Waals surface area contributed by atoms with Gasteiger partial charge >= 0.3 is 0 Å². The van der Waals surface area contributed by atoms with Gasteiger partial charge in [0.25, 0.3) is 0 Å². The molecule has 0 bridgehead atoms. The summed E-state index contributed by atoms with van der Waals surface area (Å²) < 4.78 is 1.58. The van der Waals surface area contributed by atoms with Crippen LogP contribution in [0.1, 0.15) is 40.9 Å². The topological polar surface area (TPSA) is 93.1 Å². The molecular formula is C23H22N4O3. The zero-order valence-electron chi connectivity index (χ0n) is 17.0. The van der Waals surface area contributed by atoms with Crippen molar-refractivity contribution in [3.05, 3.63) is 65.2 Å². The molecule has 4 rings (SSSR count). The van der Waals surface area contributed by atoms with E-state index in [0.29, 0.717) is 17.1 Å². The number of Topliss-reactive ketones (excluding diaryl/α,β-unsaturated/α-hetero) is 1. The van der Waals surface area contributed by atoms with Gasteiger partial charge in [-0.05, 0) is 32.9 Å². The van der Waals surface area contributed by atoms with Crippen molar-refractivity contribution >= 4 is 29.1 Å². The van der Waals surface area contributed by atoms with E-state index in [1.165, 1.54) is 6.92 Å². The summed E-state index contributed by atoms with van der Waals surface area (Å²) in [4.78, 5) is 36.9. The highest BCUT2D eigenvalue weighted by Gasteiger charge is 2.34. The summed E-state index contributed by atoms with van der Waals surface area (Å²) in [6.45, 7) is 5.36. The van der Waals surface area contributed by atoms with Crippen molar-refractivity contribution in [1.29, 1.82) is 0 Å². The molecule has 2 aromatic carbocycles. The van der Waals surface area contributed by atoms with Gasteiger partial charge in [-0.15, -0.1) is 0 Å². The number of aryl methyl sites for hydroxylation is 1. The van der Waals surface area contributed by atoms with Gasteiger partial charge in [-0.1, -0.05) is 42.0 Å². The number of anilines is 2. The van der Waals surface area contributed by atoms with Crippen LogP contribution < -0.4 is 10.6 Å². The lowest BCUT2D eigenvalue weighted by Crippen LogP contribution is -2.36. The van der Waals surface area contributed by atoms with Crippen molar-refractivity contribution in [1.82, 2.24) is 9.78 Å². The number of amides is 2. The SMILES string of the molecule is CC(=O)c1cccc(NC(=O)[C@H]2CC(=O)Nc3c(C)c(-c4ccc(C)cc4)nn32)c1. The van der Waals surface area contributed by atoms with Gasteiger partial charge in [0.1, 0.15) is 11.9 Å². The Morgan fingerprint density at radius 2 is 1.87 bits per heavy atom. The lowest BCUT2D eigenvalue weighted by molar-refractivity contribution is -0.125. The lowest BCUT2D eigenvalue weighted by Gasteiger charge is -2.24. The first-order valence-corrected chi connectivity index (χ1v) is 9.71. The molecule has 7 heteroatoms. The van der Waals surface area contributed by atoms with Gasteiger partial charge in [-0.3, -0.25) is 14.4 Å². The molecule has 0 unspecified atom stereocenters. The molecule has 1 aliphatic rings. The smallest absolute Gasteiger partial charge is 0.249 e. The van der Waals surface area contributed by atoms with E-state index in [1.54, 1.807) is 28.9 Å². The number of carbonyl (C=O) groups is 3. The van der Waals surface area contributed by atoms with Crippen molar-refractivity contribution in [2.75, 3.05) is 10.6 Å². The first-order valence-electron chi connectivity index (χ1n) is 9.71. The molecule has 7 nitrogen and oxygen atoms in total. The molecule has 0 spiro atoms. The third-order valence-electron chi connectivity index (χ3n) is 5.24. The summed E-state index contributed by atoms with van der Waals surface area (Å²) in [6.07, 6.45) is -0.0142. The summed E-state index contributed by atoms with van der Waals surface area (Å²) in [5.41, 5.74) is 4.60. The highest BCUT2D eigenvalue weighted by atomic mass is 16.2. The Kier molecular flexibility index (Phi) is 4.95. The van der Waals surface area contributed by atoms with Gasteiger partial charge in [-0.2, -0.15) is 5.10 Å². The van der Waals surface area contributed by atoms with Gasteiger partial charge in [0, 0.05) is 22.4 Å². The number of hydrogen-bond donors (Lipinski definition) is 2. The average Bonchev–Trinajstić information content (AvgIpc) is 3.04. The van der Waals surface area contributed by atoms with Crippen molar-refractivity contribution in [2.45, 2.75) is 33.2 Å². The van der Waals surface area contributed by atoms with Crippen LogP contribution in [0, 0.1) is 13.8 Å². The standard InChI is InChI=1S/C23H22N4O3/c1-13-7-9-16(10-8-13)21-14(2)22-25-20(29)12-19(27(22)26-21)23(30)24-18-6-4-5-17(11-18)15(3)28/h4-11,19H,12H2,1-3H3,(H,24,30)(H,25,29)/t19-/m1/s1. The number of ketones is 1. The Morgan fingerprint density at radius 1 is 1.13 bits per heavy atom. The molecule has 30 heavy (non-hydrogen) atoms. The molecule has 1 aliphatic heterocycles. The maximum Gasteiger partial charge on any atom is 0.249 e. The van der Waals surface area contributed by atoms with Gasteiger partial charge in [0.05, 0.1) is 12.1 Å². The van der Waals surface area contributed by atoms with Crippen LogP contribution in [0.25, 0.3) is 11.3 Å². The molecule has 0 aliphatic carbocycles. The van der Waals surface area contributed by atoms with E-state index in [0.717, 1.165) is 22.4 Å². The first kappa shape index (κ1) is 19.6. The van der Waals surface area contributed by atoms with E-state index in [1.807, 2.05) is 38.1 Å². The van der Waals surface area contributed by atoms with Crippen molar-refractivity contribution in [2.24, 2.45) is 0 Å². The minimum Gasteiger partial charge on any atom is -0.324 e. The van der Waals surface area contributed by atoms with Crippen LogP contribution in [0.2, 0.25) is 0 Å². The van der Waals surface area contributed by atoms with E-state index in [9.17, 15) is 14.4 Å². The lowest BCUT2D eigenvalue weighted by atomic mass is 10.1.